The van der Waals surface area contributed by atoms with Gasteiger partial charge in [0.15, 0.2) is 5.58 Å². The van der Waals surface area contributed by atoms with Crippen molar-refractivity contribution in [1.29, 1.82) is 0 Å². The highest BCUT2D eigenvalue weighted by Crippen LogP contribution is 2.30. The van der Waals surface area contributed by atoms with Crippen molar-refractivity contribution >= 4 is 21.1 Å². The molecule has 4 rings (SSSR count). The Hall–Kier alpha value is -2.58. The lowest BCUT2D eigenvalue weighted by atomic mass is 10.0. The molecule has 0 radical (unpaired) electrons. The van der Waals surface area contributed by atoms with Gasteiger partial charge >= 0.3 is 5.76 Å². The molecule has 29 heavy (non-hydrogen) atoms. The van der Waals surface area contributed by atoms with Gasteiger partial charge in [-0.3, -0.25) is 4.57 Å². The first-order chi connectivity index (χ1) is 13.9. The Morgan fingerprint density at radius 2 is 1.93 bits per heavy atom. The molecule has 1 aliphatic rings. The molecule has 1 aromatic heterocycles. The van der Waals surface area contributed by atoms with Crippen molar-refractivity contribution in [2.75, 3.05) is 13.7 Å². The van der Waals surface area contributed by atoms with E-state index in [1.165, 1.54) is 27.8 Å². The quantitative estimate of drug-likeness (QED) is 0.639. The molecule has 1 aliphatic carbocycles. The fourth-order valence-electron chi connectivity index (χ4n) is 3.95. The summed E-state index contributed by atoms with van der Waals surface area (Å²) in [5, 5.41) is 0. The van der Waals surface area contributed by atoms with Crippen LogP contribution in [0.2, 0.25) is 0 Å². The van der Waals surface area contributed by atoms with Crippen molar-refractivity contribution in [2.24, 2.45) is 0 Å². The summed E-state index contributed by atoms with van der Waals surface area (Å²) < 4.78 is 40.2. The van der Waals surface area contributed by atoms with Gasteiger partial charge in [-0.2, -0.15) is 0 Å². The monoisotopic (exact) mass is 416 g/mol. The van der Waals surface area contributed by atoms with Crippen molar-refractivity contribution in [3.05, 3.63) is 57.6 Å². The third-order valence-corrected chi connectivity index (χ3v) is 6.91. The average Bonchev–Trinajstić information content (AvgIpc) is 3.28. The van der Waals surface area contributed by atoms with E-state index in [0.717, 1.165) is 30.6 Å². The van der Waals surface area contributed by atoms with E-state index in [9.17, 15) is 13.2 Å². The van der Waals surface area contributed by atoms with Crippen LogP contribution in [0.15, 0.2) is 44.4 Å². The largest absolute Gasteiger partial charge is 0.496 e. The molecule has 0 saturated heterocycles. The van der Waals surface area contributed by atoms with E-state index < -0.39 is 15.8 Å². The minimum absolute atomic E-state index is 0.0721. The minimum atomic E-state index is -3.73. The second-order valence-corrected chi connectivity index (χ2v) is 8.94. The number of aryl methyl sites for hydroxylation is 3. The van der Waals surface area contributed by atoms with Crippen molar-refractivity contribution in [3.63, 3.8) is 0 Å². The zero-order chi connectivity index (χ0) is 20.6. The van der Waals surface area contributed by atoms with Crippen molar-refractivity contribution in [2.45, 2.75) is 44.0 Å². The first-order valence-electron chi connectivity index (χ1n) is 9.74. The Bertz CT molecular complexity index is 1220. The van der Waals surface area contributed by atoms with Crippen LogP contribution >= 0.6 is 0 Å². The number of fused-ring (bicyclic) bond motifs is 2. The summed E-state index contributed by atoms with van der Waals surface area (Å²) >= 11 is 0. The SMILES string of the molecule is CCn1c(=O)oc2cc(S(=O)(=O)NCCc3cc4c(cc3OC)CCC4)ccc21. The number of benzene rings is 2. The van der Waals surface area contributed by atoms with Gasteiger partial charge in [0, 0.05) is 19.2 Å². The molecule has 0 fully saturated rings. The predicted molar refractivity (Wildman–Crippen MR) is 110 cm³/mol. The van der Waals surface area contributed by atoms with Gasteiger partial charge < -0.3 is 9.15 Å². The average molecular weight is 416 g/mol. The van der Waals surface area contributed by atoms with E-state index in [-0.39, 0.29) is 17.0 Å². The van der Waals surface area contributed by atoms with Crippen LogP contribution in [0.3, 0.4) is 0 Å². The maximum Gasteiger partial charge on any atom is 0.419 e. The first-order valence-corrected chi connectivity index (χ1v) is 11.2. The number of methoxy groups -OCH3 is 1. The lowest BCUT2D eigenvalue weighted by Crippen LogP contribution is -2.26. The third-order valence-electron chi connectivity index (χ3n) is 5.45. The maximum atomic E-state index is 12.7. The standard InChI is InChI=1S/C21H24N2O5S/c1-3-23-18-8-7-17(13-20(18)28-21(23)24)29(25,26)22-10-9-16-11-14-5-4-6-15(14)12-19(16)27-2/h7-8,11-13,22H,3-6,9-10H2,1-2H3. The number of hydrogen-bond acceptors (Lipinski definition) is 5. The molecule has 0 amide bonds. The lowest BCUT2D eigenvalue weighted by Gasteiger charge is -2.12. The third kappa shape index (κ3) is 3.70. The second kappa shape index (κ2) is 7.68. The topological polar surface area (TPSA) is 90.5 Å². The molecular weight excluding hydrogens is 392 g/mol. The summed E-state index contributed by atoms with van der Waals surface area (Å²) in [6.07, 6.45) is 3.80. The molecule has 2 aromatic carbocycles. The Morgan fingerprint density at radius 1 is 1.17 bits per heavy atom. The smallest absolute Gasteiger partial charge is 0.419 e. The fraction of sp³-hybridized carbons (Fsp3) is 0.381. The van der Waals surface area contributed by atoms with Gasteiger partial charge in [-0.1, -0.05) is 6.07 Å². The molecule has 3 aromatic rings. The van der Waals surface area contributed by atoms with Gasteiger partial charge in [-0.15, -0.1) is 0 Å². The summed E-state index contributed by atoms with van der Waals surface area (Å²) in [4.78, 5) is 11.9. The van der Waals surface area contributed by atoms with Gasteiger partial charge in [0.05, 0.1) is 17.5 Å². The number of ether oxygens (including phenoxy) is 1. The number of nitrogens with zero attached hydrogens (tertiary/aromatic N) is 1. The minimum Gasteiger partial charge on any atom is -0.496 e. The molecule has 0 saturated carbocycles. The normalized spacial score (nSPS) is 13.7. The van der Waals surface area contributed by atoms with Crippen LogP contribution in [0.25, 0.3) is 11.1 Å². The van der Waals surface area contributed by atoms with E-state index in [2.05, 4.69) is 16.9 Å². The summed E-state index contributed by atoms with van der Waals surface area (Å²) in [6.45, 7) is 2.53. The highest BCUT2D eigenvalue weighted by atomic mass is 32.2. The van der Waals surface area contributed by atoms with Gasteiger partial charge in [-0.25, -0.2) is 17.9 Å². The van der Waals surface area contributed by atoms with E-state index in [1.807, 2.05) is 6.92 Å². The maximum absolute atomic E-state index is 12.7. The fourth-order valence-corrected chi connectivity index (χ4v) is 5.00. The molecule has 154 valence electrons. The van der Waals surface area contributed by atoms with E-state index >= 15 is 0 Å². The summed E-state index contributed by atoms with van der Waals surface area (Å²) in [5.41, 5.74) is 4.49. The van der Waals surface area contributed by atoms with Gasteiger partial charge in [0.25, 0.3) is 0 Å². The van der Waals surface area contributed by atoms with Crippen molar-refractivity contribution < 1.29 is 17.6 Å². The number of hydrogen-bond donors (Lipinski definition) is 1. The van der Waals surface area contributed by atoms with E-state index in [1.54, 1.807) is 13.2 Å². The zero-order valence-electron chi connectivity index (χ0n) is 16.5. The van der Waals surface area contributed by atoms with Crippen LogP contribution in [-0.4, -0.2) is 26.6 Å². The number of aromatic nitrogens is 1. The zero-order valence-corrected chi connectivity index (χ0v) is 17.3. The molecule has 0 bridgehead atoms. The Labute approximate surface area is 169 Å². The number of sulfonamides is 1. The molecule has 1 heterocycles. The Morgan fingerprint density at radius 3 is 2.66 bits per heavy atom. The number of nitrogens with one attached hydrogen (secondary N) is 1. The highest BCUT2D eigenvalue weighted by Gasteiger charge is 2.19. The predicted octanol–water partition coefficient (Wildman–Crippen LogP) is 2.63. The molecular formula is C21H24N2O5S. The molecule has 8 heteroatoms. The Kier molecular flexibility index (Phi) is 5.23. The van der Waals surface area contributed by atoms with Crippen LogP contribution in [0.5, 0.6) is 5.75 Å². The molecule has 7 nitrogen and oxygen atoms in total. The first kappa shape index (κ1) is 19.7. The lowest BCUT2D eigenvalue weighted by molar-refractivity contribution is 0.409. The Balaban J connectivity index is 1.51. The molecule has 1 N–H and O–H groups in total. The molecule has 0 spiro atoms. The van der Waals surface area contributed by atoms with Crippen molar-refractivity contribution in [3.8, 4) is 5.75 Å². The van der Waals surface area contributed by atoms with Gasteiger partial charge in [-0.05, 0) is 67.5 Å². The molecule has 0 aliphatic heterocycles. The molecule has 0 atom stereocenters. The van der Waals surface area contributed by atoms with Crippen LogP contribution in [0.4, 0.5) is 0 Å². The van der Waals surface area contributed by atoms with E-state index in [4.69, 9.17) is 9.15 Å². The van der Waals surface area contributed by atoms with Gasteiger partial charge in [0.2, 0.25) is 10.0 Å². The van der Waals surface area contributed by atoms with Crippen LogP contribution in [0, 0.1) is 0 Å². The highest BCUT2D eigenvalue weighted by molar-refractivity contribution is 7.89. The van der Waals surface area contributed by atoms with Crippen LogP contribution in [0.1, 0.15) is 30.0 Å². The summed E-state index contributed by atoms with van der Waals surface area (Å²) in [5.74, 6) is 0.308. The van der Waals surface area contributed by atoms with Crippen molar-refractivity contribution in [1.82, 2.24) is 9.29 Å². The number of rotatable bonds is 7. The number of oxazole rings is 1. The van der Waals surface area contributed by atoms with Gasteiger partial charge in [0.1, 0.15) is 5.75 Å². The molecule has 0 unspecified atom stereocenters. The van der Waals surface area contributed by atoms with Crippen LogP contribution < -0.4 is 15.2 Å². The summed E-state index contributed by atoms with van der Waals surface area (Å²) in [7, 11) is -2.09. The second-order valence-electron chi connectivity index (χ2n) is 7.18. The summed E-state index contributed by atoms with van der Waals surface area (Å²) in [6, 6.07) is 8.68. The van der Waals surface area contributed by atoms with Crippen LogP contribution in [-0.2, 0) is 35.8 Å². The van der Waals surface area contributed by atoms with E-state index in [0.29, 0.717) is 18.5 Å².